The number of hydrogen-bond donors (Lipinski definition) is 2. The monoisotopic (exact) mass is 396 g/mol. The van der Waals surface area contributed by atoms with Crippen LogP contribution in [0, 0.1) is 0 Å². The van der Waals surface area contributed by atoms with Gasteiger partial charge >= 0.3 is 0 Å². The van der Waals surface area contributed by atoms with Crippen LogP contribution in [0.3, 0.4) is 0 Å². The molecule has 0 aliphatic rings. The van der Waals surface area contributed by atoms with Crippen LogP contribution in [0.2, 0.25) is 0 Å². The van der Waals surface area contributed by atoms with Crippen LogP contribution in [0.1, 0.15) is 149 Å². The summed E-state index contributed by atoms with van der Waals surface area (Å²) < 4.78 is 0. The molecule has 3 N–H and O–H groups in total. The van der Waals surface area contributed by atoms with Crippen LogP contribution in [0.4, 0.5) is 0 Å². The van der Waals surface area contributed by atoms with E-state index in [0.29, 0.717) is 0 Å². The van der Waals surface area contributed by atoms with Crippen molar-refractivity contribution in [1.82, 2.24) is 5.32 Å². The Kier molecular flexibility index (Phi) is 21.6. The summed E-state index contributed by atoms with van der Waals surface area (Å²) >= 11 is 0. The van der Waals surface area contributed by atoms with E-state index >= 15 is 0 Å². The molecule has 0 aliphatic carbocycles. The van der Waals surface area contributed by atoms with E-state index in [0.717, 1.165) is 13.1 Å². The van der Waals surface area contributed by atoms with E-state index in [9.17, 15) is 0 Å². The van der Waals surface area contributed by atoms with Gasteiger partial charge in [0.2, 0.25) is 0 Å². The van der Waals surface area contributed by atoms with E-state index in [2.05, 4.69) is 26.1 Å². The van der Waals surface area contributed by atoms with Crippen molar-refractivity contribution in [3.05, 3.63) is 0 Å². The van der Waals surface area contributed by atoms with Crippen molar-refractivity contribution in [2.24, 2.45) is 5.73 Å². The Morgan fingerprint density at radius 3 is 1.07 bits per heavy atom. The molecule has 0 saturated carbocycles. The van der Waals surface area contributed by atoms with Crippen molar-refractivity contribution in [1.29, 1.82) is 0 Å². The van der Waals surface area contributed by atoms with Crippen molar-refractivity contribution >= 4 is 0 Å². The van der Waals surface area contributed by atoms with Gasteiger partial charge in [-0.15, -0.1) is 0 Å². The van der Waals surface area contributed by atoms with Crippen molar-refractivity contribution in [2.75, 3.05) is 13.1 Å². The zero-order valence-corrected chi connectivity index (χ0v) is 20.1. The zero-order chi connectivity index (χ0) is 20.8. The van der Waals surface area contributed by atoms with Gasteiger partial charge in [-0.3, -0.25) is 0 Å². The molecule has 2 heteroatoms. The maximum Gasteiger partial charge on any atom is 0.0223 e. The van der Waals surface area contributed by atoms with Crippen LogP contribution in [0.25, 0.3) is 0 Å². The van der Waals surface area contributed by atoms with Gasteiger partial charge in [0.05, 0.1) is 0 Å². The van der Waals surface area contributed by atoms with Gasteiger partial charge in [0.1, 0.15) is 0 Å². The Morgan fingerprint density at radius 2 is 0.786 bits per heavy atom. The van der Waals surface area contributed by atoms with Crippen molar-refractivity contribution in [2.45, 2.75) is 155 Å². The molecular weight excluding hydrogens is 340 g/mol. The molecule has 0 bridgehead atoms. The molecule has 2 nitrogen and oxygen atoms in total. The first kappa shape index (κ1) is 27.9. The second-order valence-electron chi connectivity index (χ2n) is 9.88. The maximum absolute atomic E-state index is 5.96. The maximum atomic E-state index is 5.96. The fraction of sp³-hybridized carbons (Fsp3) is 1.00. The lowest BCUT2D eigenvalue weighted by Gasteiger charge is -2.18. The summed E-state index contributed by atoms with van der Waals surface area (Å²) in [5.74, 6) is 0. The second-order valence-corrected chi connectivity index (χ2v) is 9.88. The molecule has 0 amide bonds. The summed E-state index contributed by atoms with van der Waals surface area (Å²) in [6.07, 6.45) is 28.9. The Hall–Kier alpha value is -0.0800. The minimum atomic E-state index is -0.0758. The van der Waals surface area contributed by atoms with Crippen molar-refractivity contribution in [3.63, 3.8) is 0 Å². The third-order valence-corrected chi connectivity index (χ3v) is 5.79. The molecule has 0 aromatic rings. The largest absolute Gasteiger partial charge is 0.324 e. The highest BCUT2D eigenvalue weighted by Gasteiger charge is 2.08. The first-order valence-electron chi connectivity index (χ1n) is 13.1. The Bertz CT molecular complexity index is 283. The van der Waals surface area contributed by atoms with Crippen LogP contribution < -0.4 is 11.1 Å². The van der Waals surface area contributed by atoms with Gasteiger partial charge in [-0.1, -0.05) is 129 Å². The third kappa shape index (κ3) is 25.9. The minimum absolute atomic E-state index is 0.0758. The van der Waals surface area contributed by atoms with Crippen LogP contribution >= 0.6 is 0 Å². The van der Waals surface area contributed by atoms with Crippen LogP contribution in [-0.2, 0) is 0 Å². The average Bonchev–Trinajstić information content (AvgIpc) is 2.65. The van der Waals surface area contributed by atoms with Gasteiger partial charge < -0.3 is 11.1 Å². The van der Waals surface area contributed by atoms with Gasteiger partial charge in [0.15, 0.2) is 0 Å². The molecule has 0 aliphatic heterocycles. The highest BCUT2D eigenvalue weighted by atomic mass is 14.9. The fourth-order valence-corrected chi connectivity index (χ4v) is 3.92. The standard InChI is InChI=1S/C26H56N2/c1-4-5-6-7-8-9-10-11-12-13-14-15-16-17-18-19-20-21-22-23-24-28-25-26(2,3)27/h28H,4-25,27H2,1-3H3. The number of nitrogens with two attached hydrogens (primary N) is 1. The smallest absolute Gasteiger partial charge is 0.0223 e. The first-order chi connectivity index (χ1) is 13.6. The molecule has 0 rings (SSSR count). The van der Waals surface area contributed by atoms with Gasteiger partial charge in [-0.25, -0.2) is 0 Å². The summed E-state index contributed by atoms with van der Waals surface area (Å²) in [5.41, 5.74) is 5.89. The summed E-state index contributed by atoms with van der Waals surface area (Å²) in [6.45, 7) is 8.51. The topological polar surface area (TPSA) is 38.0 Å². The number of nitrogens with one attached hydrogen (secondary N) is 1. The van der Waals surface area contributed by atoms with Crippen LogP contribution in [0.15, 0.2) is 0 Å². The Balaban J connectivity index is 3.01. The molecule has 28 heavy (non-hydrogen) atoms. The van der Waals surface area contributed by atoms with Crippen LogP contribution in [0.5, 0.6) is 0 Å². The molecular formula is C26H56N2. The first-order valence-corrected chi connectivity index (χ1v) is 13.1. The second kappa shape index (κ2) is 21.6. The normalized spacial score (nSPS) is 12.0. The summed E-state index contributed by atoms with van der Waals surface area (Å²) in [5, 5.41) is 3.46. The summed E-state index contributed by atoms with van der Waals surface area (Å²) in [7, 11) is 0. The van der Waals surface area contributed by atoms with E-state index in [4.69, 9.17) is 5.73 Å². The highest BCUT2D eigenvalue weighted by Crippen LogP contribution is 2.14. The lowest BCUT2D eigenvalue weighted by atomic mass is 10.0. The molecule has 170 valence electrons. The number of unbranched alkanes of at least 4 members (excludes halogenated alkanes) is 19. The quantitative estimate of drug-likeness (QED) is 0.171. The molecule has 0 spiro atoms. The van der Waals surface area contributed by atoms with Gasteiger partial charge in [0.25, 0.3) is 0 Å². The fourth-order valence-electron chi connectivity index (χ4n) is 3.92. The van der Waals surface area contributed by atoms with Gasteiger partial charge in [-0.05, 0) is 26.8 Å². The minimum Gasteiger partial charge on any atom is -0.324 e. The lowest BCUT2D eigenvalue weighted by Crippen LogP contribution is -2.43. The molecule has 0 atom stereocenters. The van der Waals surface area contributed by atoms with Gasteiger partial charge in [0, 0.05) is 12.1 Å². The predicted molar refractivity (Wildman–Crippen MR) is 129 cm³/mol. The van der Waals surface area contributed by atoms with Gasteiger partial charge in [-0.2, -0.15) is 0 Å². The Labute approximate surface area is 179 Å². The number of rotatable bonds is 23. The predicted octanol–water partition coefficient (Wildman–Crippen LogP) is 8.14. The van der Waals surface area contributed by atoms with E-state index < -0.39 is 0 Å². The van der Waals surface area contributed by atoms with Crippen molar-refractivity contribution < 1.29 is 0 Å². The Morgan fingerprint density at radius 1 is 0.500 bits per heavy atom. The molecule has 0 fully saturated rings. The SMILES string of the molecule is CCCCCCCCCCCCCCCCCCCCCCNCC(C)(C)N. The summed E-state index contributed by atoms with van der Waals surface area (Å²) in [4.78, 5) is 0. The number of hydrogen-bond acceptors (Lipinski definition) is 2. The van der Waals surface area contributed by atoms with Crippen molar-refractivity contribution in [3.8, 4) is 0 Å². The summed E-state index contributed by atoms with van der Waals surface area (Å²) in [6, 6.07) is 0. The molecule has 0 heterocycles. The molecule has 0 unspecified atom stereocenters. The van der Waals surface area contributed by atoms with Crippen LogP contribution in [-0.4, -0.2) is 18.6 Å². The van der Waals surface area contributed by atoms with E-state index in [-0.39, 0.29) is 5.54 Å². The van der Waals surface area contributed by atoms with E-state index in [1.165, 1.54) is 128 Å². The molecule has 0 aromatic heterocycles. The highest BCUT2D eigenvalue weighted by molar-refractivity contribution is 4.74. The van der Waals surface area contributed by atoms with E-state index in [1.807, 2.05) is 0 Å². The molecule has 0 saturated heterocycles. The van der Waals surface area contributed by atoms with E-state index in [1.54, 1.807) is 0 Å². The lowest BCUT2D eigenvalue weighted by molar-refractivity contribution is 0.457. The molecule has 0 radical (unpaired) electrons. The molecule has 0 aromatic carbocycles. The third-order valence-electron chi connectivity index (χ3n) is 5.79. The average molecular weight is 397 g/mol. The zero-order valence-electron chi connectivity index (χ0n) is 20.1.